The van der Waals surface area contributed by atoms with Crippen molar-refractivity contribution in [3.8, 4) is 12.3 Å². The Kier molecular flexibility index (Phi) is 8.20. The molecule has 1 fully saturated rings. The van der Waals surface area contributed by atoms with Crippen LogP contribution in [-0.4, -0.2) is 19.5 Å². The first kappa shape index (κ1) is 13.5. The summed E-state index contributed by atoms with van der Waals surface area (Å²) in [5.41, 5.74) is 0. The van der Waals surface area contributed by atoms with Crippen molar-refractivity contribution >= 4 is 0 Å². The third-order valence-electron chi connectivity index (χ3n) is 2.91. The minimum Gasteiger partial charge on any atom is -0.353 e. The van der Waals surface area contributed by atoms with E-state index in [1.807, 2.05) is 0 Å². The van der Waals surface area contributed by atoms with E-state index in [-0.39, 0.29) is 6.29 Å². The second-order valence-corrected chi connectivity index (χ2v) is 4.39. The van der Waals surface area contributed by atoms with Crippen LogP contribution in [0.5, 0.6) is 0 Å². The van der Waals surface area contributed by atoms with Crippen molar-refractivity contribution in [2.45, 2.75) is 64.1 Å². The summed E-state index contributed by atoms with van der Waals surface area (Å²) < 4.78 is 11.1. The second kappa shape index (κ2) is 9.69. The zero-order valence-corrected chi connectivity index (χ0v) is 10.2. The second-order valence-electron chi connectivity index (χ2n) is 4.39. The van der Waals surface area contributed by atoms with Crippen LogP contribution in [0, 0.1) is 12.3 Å². The molecule has 0 aromatic carbocycles. The molecule has 16 heavy (non-hydrogen) atoms. The predicted molar refractivity (Wildman–Crippen MR) is 66.1 cm³/mol. The third-order valence-corrected chi connectivity index (χ3v) is 2.91. The first-order valence-corrected chi connectivity index (χ1v) is 6.60. The van der Waals surface area contributed by atoms with Crippen molar-refractivity contribution in [1.82, 2.24) is 0 Å². The first-order valence-electron chi connectivity index (χ1n) is 6.60. The van der Waals surface area contributed by atoms with E-state index in [9.17, 15) is 0 Å². The smallest absolute Gasteiger partial charge is 0.157 e. The summed E-state index contributed by atoms with van der Waals surface area (Å²) in [4.78, 5) is 0. The number of ether oxygens (including phenoxy) is 2. The van der Waals surface area contributed by atoms with Gasteiger partial charge in [-0.05, 0) is 32.1 Å². The Labute approximate surface area is 99.7 Å². The lowest BCUT2D eigenvalue weighted by Gasteiger charge is -2.22. The van der Waals surface area contributed by atoms with Crippen molar-refractivity contribution in [3.05, 3.63) is 0 Å². The molecule has 1 heterocycles. The van der Waals surface area contributed by atoms with Gasteiger partial charge in [0.15, 0.2) is 6.29 Å². The highest BCUT2D eigenvalue weighted by molar-refractivity contribution is 4.82. The molecule has 1 atom stereocenters. The van der Waals surface area contributed by atoms with Gasteiger partial charge in [-0.2, -0.15) is 0 Å². The van der Waals surface area contributed by atoms with Crippen LogP contribution in [0.2, 0.25) is 0 Å². The molecule has 2 nitrogen and oxygen atoms in total. The van der Waals surface area contributed by atoms with Crippen molar-refractivity contribution in [2.24, 2.45) is 0 Å². The van der Waals surface area contributed by atoms with E-state index in [0.717, 1.165) is 32.5 Å². The fourth-order valence-electron chi connectivity index (χ4n) is 1.92. The van der Waals surface area contributed by atoms with Gasteiger partial charge in [-0.1, -0.05) is 19.3 Å². The van der Waals surface area contributed by atoms with Crippen molar-refractivity contribution in [1.29, 1.82) is 0 Å². The molecule has 2 heteroatoms. The average molecular weight is 224 g/mol. The minimum atomic E-state index is 0.0789. The molecule has 0 aromatic heterocycles. The molecule has 0 aliphatic carbocycles. The number of rotatable bonds is 8. The van der Waals surface area contributed by atoms with Gasteiger partial charge in [-0.15, -0.1) is 12.3 Å². The SMILES string of the molecule is C#CCCCCCCCOC1CCCCO1. The molecule has 1 rings (SSSR count). The van der Waals surface area contributed by atoms with E-state index >= 15 is 0 Å². The van der Waals surface area contributed by atoms with Crippen molar-refractivity contribution in [2.75, 3.05) is 13.2 Å². The van der Waals surface area contributed by atoms with Gasteiger partial charge in [0.25, 0.3) is 0 Å². The Bertz CT molecular complexity index is 189. The lowest BCUT2D eigenvalue weighted by atomic mass is 10.1. The van der Waals surface area contributed by atoms with Crippen LogP contribution in [0.15, 0.2) is 0 Å². The van der Waals surface area contributed by atoms with Gasteiger partial charge >= 0.3 is 0 Å². The zero-order valence-electron chi connectivity index (χ0n) is 10.2. The van der Waals surface area contributed by atoms with Gasteiger partial charge in [0.2, 0.25) is 0 Å². The van der Waals surface area contributed by atoms with E-state index < -0.39 is 0 Å². The maximum atomic E-state index is 5.66. The summed E-state index contributed by atoms with van der Waals surface area (Å²) in [6, 6.07) is 0. The zero-order chi connectivity index (χ0) is 11.5. The largest absolute Gasteiger partial charge is 0.353 e. The molecular weight excluding hydrogens is 200 g/mol. The van der Waals surface area contributed by atoms with Crippen LogP contribution in [0.1, 0.15) is 57.8 Å². The van der Waals surface area contributed by atoms with Crippen LogP contribution in [0.3, 0.4) is 0 Å². The number of hydrogen-bond donors (Lipinski definition) is 0. The molecule has 0 amide bonds. The highest BCUT2D eigenvalue weighted by Crippen LogP contribution is 2.14. The molecule has 0 spiro atoms. The van der Waals surface area contributed by atoms with Crippen molar-refractivity contribution in [3.63, 3.8) is 0 Å². The highest BCUT2D eigenvalue weighted by atomic mass is 16.7. The monoisotopic (exact) mass is 224 g/mol. The number of unbranched alkanes of at least 4 members (excludes halogenated alkanes) is 5. The summed E-state index contributed by atoms with van der Waals surface area (Å²) in [6.45, 7) is 1.72. The van der Waals surface area contributed by atoms with Crippen LogP contribution in [0.25, 0.3) is 0 Å². The Morgan fingerprint density at radius 2 is 1.94 bits per heavy atom. The standard InChI is InChI=1S/C14H24O2/c1-2-3-4-5-6-7-9-12-15-14-11-8-10-13-16-14/h1,14H,3-13H2. The quantitative estimate of drug-likeness (QED) is 0.464. The summed E-state index contributed by atoms with van der Waals surface area (Å²) in [7, 11) is 0. The molecule has 0 N–H and O–H groups in total. The van der Waals surface area contributed by atoms with Crippen LogP contribution in [-0.2, 0) is 9.47 Å². The molecule has 1 saturated heterocycles. The molecule has 0 saturated carbocycles. The fourth-order valence-corrected chi connectivity index (χ4v) is 1.92. The molecule has 1 unspecified atom stereocenters. The van der Waals surface area contributed by atoms with Gasteiger partial charge in [0, 0.05) is 19.6 Å². The van der Waals surface area contributed by atoms with E-state index in [1.165, 1.54) is 38.5 Å². The molecule has 0 aromatic rings. The Balaban J connectivity index is 1.79. The lowest BCUT2D eigenvalue weighted by Crippen LogP contribution is -2.22. The number of terminal acetylenes is 1. The molecular formula is C14H24O2. The summed E-state index contributed by atoms with van der Waals surface area (Å²) in [5.74, 6) is 2.67. The van der Waals surface area contributed by atoms with Crippen LogP contribution < -0.4 is 0 Å². The summed E-state index contributed by atoms with van der Waals surface area (Å²) in [6.07, 6.45) is 15.8. The fraction of sp³-hybridized carbons (Fsp3) is 0.857. The normalized spacial score (nSPS) is 20.6. The van der Waals surface area contributed by atoms with E-state index in [1.54, 1.807) is 0 Å². The Morgan fingerprint density at radius 1 is 1.12 bits per heavy atom. The molecule has 92 valence electrons. The summed E-state index contributed by atoms with van der Waals surface area (Å²) >= 11 is 0. The maximum Gasteiger partial charge on any atom is 0.157 e. The van der Waals surface area contributed by atoms with Gasteiger partial charge in [-0.3, -0.25) is 0 Å². The topological polar surface area (TPSA) is 18.5 Å². The Morgan fingerprint density at radius 3 is 2.69 bits per heavy atom. The predicted octanol–water partition coefficient (Wildman–Crippen LogP) is 3.50. The Hall–Kier alpha value is -0.520. The lowest BCUT2D eigenvalue weighted by molar-refractivity contribution is -0.162. The highest BCUT2D eigenvalue weighted by Gasteiger charge is 2.12. The summed E-state index contributed by atoms with van der Waals surface area (Å²) in [5, 5.41) is 0. The van der Waals surface area contributed by atoms with E-state index in [4.69, 9.17) is 15.9 Å². The molecule has 0 radical (unpaired) electrons. The average Bonchev–Trinajstić information content (AvgIpc) is 2.34. The third kappa shape index (κ3) is 6.87. The van der Waals surface area contributed by atoms with Gasteiger partial charge in [0.1, 0.15) is 0 Å². The van der Waals surface area contributed by atoms with E-state index in [2.05, 4.69) is 5.92 Å². The van der Waals surface area contributed by atoms with Crippen molar-refractivity contribution < 1.29 is 9.47 Å². The maximum absolute atomic E-state index is 5.66. The van der Waals surface area contributed by atoms with E-state index in [0.29, 0.717) is 0 Å². The first-order chi connectivity index (χ1) is 7.93. The van der Waals surface area contributed by atoms with Gasteiger partial charge in [-0.25, -0.2) is 0 Å². The molecule has 0 bridgehead atoms. The number of hydrogen-bond acceptors (Lipinski definition) is 2. The van der Waals surface area contributed by atoms with Crippen LogP contribution in [0.4, 0.5) is 0 Å². The minimum absolute atomic E-state index is 0.0789. The molecule has 1 aliphatic rings. The van der Waals surface area contributed by atoms with Gasteiger partial charge < -0.3 is 9.47 Å². The molecule has 1 aliphatic heterocycles. The van der Waals surface area contributed by atoms with Gasteiger partial charge in [0.05, 0.1) is 0 Å². The van der Waals surface area contributed by atoms with Crippen LogP contribution >= 0.6 is 0 Å².